The van der Waals surface area contributed by atoms with E-state index in [1.54, 1.807) is 10.9 Å². The van der Waals surface area contributed by atoms with Crippen molar-refractivity contribution in [3.05, 3.63) is 29.8 Å². The molecule has 19 heavy (non-hydrogen) atoms. The summed E-state index contributed by atoms with van der Waals surface area (Å²) in [5.41, 5.74) is 1.07. The average Bonchev–Trinajstić information content (AvgIpc) is 3.07. The third-order valence-corrected chi connectivity index (χ3v) is 2.96. The Hall–Kier alpha value is -2.18. The van der Waals surface area contributed by atoms with Crippen LogP contribution in [0.3, 0.4) is 0 Å². The first-order chi connectivity index (χ1) is 9.13. The molecule has 0 aliphatic rings. The van der Waals surface area contributed by atoms with Crippen LogP contribution in [-0.2, 0) is 11.3 Å². The van der Waals surface area contributed by atoms with Crippen LogP contribution in [0.2, 0.25) is 0 Å². The lowest BCUT2D eigenvalue weighted by Gasteiger charge is -2.07. The highest BCUT2D eigenvalue weighted by atomic mass is 16.5. The predicted molar refractivity (Wildman–Crippen MR) is 67.7 cm³/mol. The zero-order chi connectivity index (χ0) is 13.8. The summed E-state index contributed by atoms with van der Waals surface area (Å²) in [6.45, 7) is 4.71. The van der Waals surface area contributed by atoms with Crippen molar-refractivity contribution < 1.29 is 9.53 Å². The van der Waals surface area contributed by atoms with Gasteiger partial charge in [-0.1, -0.05) is 12.1 Å². The average molecular weight is 263 g/mol. The molecule has 7 nitrogen and oxygen atoms in total. The van der Waals surface area contributed by atoms with E-state index in [0.717, 1.165) is 12.1 Å². The second kappa shape index (κ2) is 5.64. The largest absolute Gasteiger partial charge is 0.464 e. The Morgan fingerprint density at radius 1 is 1.53 bits per heavy atom. The van der Waals surface area contributed by atoms with E-state index < -0.39 is 5.97 Å². The van der Waals surface area contributed by atoms with E-state index in [9.17, 15) is 4.79 Å². The first-order valence-corrected chi connectivity index (χ1v) is 6.16. The molecule has 0 bridgehead atoms. The lowest BCUT2D eigenvalue weighted by atomic mass is 10.3. The van der Waals surface area contributed by atoms with Crippen molar-refractivity contribution in [2.45, 2.75) is 32.9 Å². The molecule has 1 unspecified atom stereocenters. The summed E-state index contributed by atoms with van der Waals surface area (Å²) in [5, 5.41) is 12.1. The quantitative estimate of drug-likeness (QED) is 0.760. The normalized spacial score (nSPS) is 12.4. The number of ether oxygens (including phenoxy) is 1. The first kappa shape index (κ1) is 13.3. The molecule has 0 aliphatic carbocycles. The van der Waals surface area contributed by atoms with Crippen LogP contribution in [-0.4, -0.2) is 37.9 Å². The number of rotatable bonds is 5. The van der Waals surface area contributed by atoms with Gasteiger partial charge in [-0.2, -0.15) is 5.10 Å². The highest BCUT2D eigenvalue weighted by molar-refractivity contribution is 5.86. The smallest absolute Gasteiger partial charge is 0.360 e. The van der Waals surface area contributed by atoms with E-state index in [0.29, 0.717) is 12.6 Å². The van der Waals surface area contributed by atoms with Crippen molar-refractivity contribution >= 4 is 5.97 Å². The Morgan fingerprint density at radius 2 is 2.32 bits per heavy atom. The zero-order valence-electron chi connectivity index (χ0n) is 11.3. The molecule has 2 heterocycles. The van der Waals surface area contributed by atoms with Crippen molar-refractivity contribution in [1.82, 2.24) is 24.8 Å². The molecule has 2 aromatic heterocycles. The first-order valence-electron chi connectivity index (χ1n) is 6.16. The van der Waals surface area contributed by atoms with E-state index in [-0.39, 0.29) is 5.69 Å². The molecule has 0 N–H and O–H groups in total. The fourth-order valence-corrected chi connectivity index (χ4v) is 1.63. The fraction of sp³-hybridized carbons (Fsp3) is 0.500. The second-order valence-corrected chi connectivity index (χ2v) is 4.34. The van der Waals surface area contributed by atoms with Crippen LogP contribution >= 0.6 is 0 Å². The lowest BCUT2D eigenvalue weighted by Crippen LogP contribution is -2.07. The van der Waals surface area contributed by atoms with Crippen LogP contribution in [0.15, 0.2) is 18.5 Å². The van der Waals surface area contributed by atoms with Gasteiger partial charge in [-0.15, -0.1) is 5.10 Å². The predicted octanol–water partition coefficient (Wildman–Crippen LogP) is 1.28. The molecule has 2 rings (SSSR count). The molecular weight excluding hydrogens is 246 g/mol. The summed E-state index contributed by atoms with van der Waals surface area (Å²) < 4.78 is 8.06. The van der Waals surface area contributed by atoms with Crippen LogP contribution in [0.25, 0.3) is 0 Å². The van der Waals surface area contributed by atoms with Crippen LogP contribution < -0.4 is 0 Å². The fourth-order valence-electron chi connectivity index (χ4n) is 1.63. The molecule has 0 amide bonds. The summed E-state index contributed by atoms with van der Waals surface area (Å²) in [4.78, 5) is 11.3. The number of aromatic nitrogens is 5. The van der Waals surface area contributed by atoms with Gasteiger partial charge in [0.1, 0.15) is 0 Å². The molecule has 102 valence electrons. The van der Waals surface area contributed by atoms with Crippen molar-refractivity contribution in [3.63, 3.8) is 0 Å². The summed E-state index contributed by atoms with van der Waals surface area (Å²) in [6.07, 6.45) is 4.52. The Morgan fingerprint density at radius 3 is 3.00 bits per heavy atom. The van der Waals surface area contributed by atoms with Gasteiger partial charge in [0.05, 0.1) is 25.5 Å². The molecule has 1 atom stereocenters. The van der Waals surface area contributed by atoms with Crippen LogP contribution in [0.4, 0.5) is 0 Å². The molecule has 0 saturated heterocycles. The zero-order valence-corrected chi connectivity index (χ0v) is 11.3. The Balaban J connectivity index is 2.07. The number of hydrogen-bond acceptors (Lipinski definition) is 5. The Bertz CT molecular complexity index is 560. The van der Waals surface area contributed by atoms with Crippen molar-refractivity contribution in [2.75, 3.05) is 7.11 Å². The minimum atomic E-state index is -0.489. The maximum Gasteiger partial charge on any atom is 0.360 e. The van der Waals surface area contributed by atoms with Gasteiger partial charge in [-0.05, 0) is 19.4 Å². The van der Waals surface area contributed by atoms with Crippen LogP contribution in [0.1, 0.15) is 42.5 Å². The maximum absolute atomic E-state index is 11.3. The number of carbonyl (C=O) groups is 1. The minimum absolute atomic E-state index is 0.198. The van der Waals surface area contributed by atoms with Crippen LogP contribution in [0, 0.1) is 0 Å². The number of esters is 1. The number of carbonyl (C=O) groups excluding carboxylic acids is 1. The summed E-state index contributed by atoms with van der Waals surface area (Å²) in [7, 11) is 1.31. The molecule has 0 saturated carbocycles. The summed E-state index contributed by atoms with van der Waals surface area (Å²) in [5.74, 6) is -0.489. The molecule has 0 aliphatic heterocycles. The number of hydrogen-bond donors (Lipinski definition) is 0. The van der Waals surface area contributed by atoms with Gasteiger partial charge in [-0.3, -0.25) is 4.68 Å². The molecule has 0 spiro atoms. The standard InChI is InChI=1S/C12H17N5O2/c1-4-9(2)17-6-5-10(14-17)7-16-8-11(13-15-16)12(18)19-3/h5-6,8-9H,4,7H2,1-3H3. The second-order valence-electron chi connectivity index (χ2n) is 4.34. The Labute approximate surface area is 111 Å². The van der Waals surface area contributed by atoms with Crippen molar-refractivity contribution in [3.8, 4) is 0 Å². The Kier molecular flexibility index (Phi) is 3.94. The van der Waals surface area contributed by atoms with Gasteiger partial charge in [0.25, 0.3) is 0 Å². The monoisotopic (exact) mass is 263 g/mol. The van der Waals surface area contributed by atoms with Gasteiger partial charge >= 0.3 is 5.97 Å². The van der Waals surface area contributed by atoms with Gasteiger partial charge in [-0.25, -0.2) is 9.48 Å². The molecular formula is C12H17N5O2. The third-order valence-electron chi connectivity index (χ3n) is 2.96. The molecule has 2 aromatic rings. The lowest BCUT2D eigenvalue weighted by molar-refractivity contribution is 0.0594. The van der Waals surface area contributed by atoms with E-state index in [2.05, 4.69) is 34.0 Å². The van der Waals surface area contributed by atoms with E-state index in [1.807, 2.05) is 16.9 Å². The van der Waals surface area contributed by atoms with Crippen molar-refractivity contribution in [2.24, 2.45) is 0 Å². The van der Waals surface area contributed by atoms with Gasteiger partial charge in [0, 0.05) is 12.2 Å². The van der Waals surface area contributed by atoms with E-state index in [1.165, 1.54) is 7.11 Å². The molecule has 0 fully saturated rings. The summed E-state index contributed by atoms with van der Waals surface area (Å²) >= 11 is 0. The summed E-state index contributed by atoms with van der Waals surface area (Å²) in [6, 6.07) is 2.31. The maximum atomic E-state index is 11.3. The number of nitrogens with zero attached hydrogens (tertiary/aromatic N) is 5. The molecule has 7 heteroatoms. The van der Waals surface area contributed by atoms with Gasteiger partial charge in [0.15, 0.2) is 5.69 Å². The highest BCUT2D eigenvalue weighted by Gasteiger charge is 2.11. The van der Waals surface area contributed by atoms with E-state index in [4.69, 9.17) is 0 Å². The molecule has 0 radical (unpaired) electrons. The van der Waals surface area contributed by atoms with Crippen molar-refractivity contribution in [1.29, 1.82) is 0 Å². The van der Waals surface area contributed by atoms with Gasteiger partial charge in [0.2, 0.25) is 0 Å². The highest BCUT2D eigenvalue weighted by Crippen LogP contribution is 2.09. The SMILES string of the molecule is CCC(C)n1ccc(Cn2cc(C(=O)OC)nn2)n1. The third kappa shape index (κ3) is 2.98. The van der Waals surface area contributed by atoms with Gasteiger partial charge < -0.3 is 4.74 Å². The number of methoxy groups -OCH3 is 1. The van der Waals surface area contributed by atoms with Crippen LogP contribution in [0.5, 0.6) is 0 Å². The topological polar surface area (TPSA) is 74.8 Å². The van der Waals surface area contributed by atoms with E-state index >= 15 is 0 Å². The molecule has 0 aromatic carbocycles. The minimum Gasteiger partial charge on any atom is -0.464 e.